The van der Waals surface area contributed by atoms with E-state index in [1.54, 1.807) is 11.8 Å². The molecule has 2 N–H and O–H groups in total. The van der Waals surface area contributed by atoms with Crippen molar-refractivity contribution in [2.75, 3.05) is 6.54 Å². The van der Waals surface area contributed by atoms with Gasteiger partial charge in [-0.2, -0.15) is 0 Å². The average Bonchev–Trinajstić information content (AvgIpc) is 2.22. The van der Waals surface area contributed by atoms with Gasteiger partial charge in [-0.05, 0) is 12.3 Å². The van der Waals surface area contributed by atoms with E-state index in [1.807, 2.05) is 13.8 Å². The number of carbonyl (C=O) groups is 2. The Labute approximate surface area is 78.1 Å². The van der Waals surface area contributed by atoms with Gasteiger partial charge in [-0.1, -0.05) is 13.8 Å². The molecule has 1 atom stereocenters. The molecule has 1 rings (SSSR count). The molecule has 1 aliphatic heterocycles. The quantitative estimate of drug-likeness (QED) is 0.662. The third-order valence-electron chi connectivity index (χ3n) is 2.43. The molecule has 0 aromatic heterocycles. The normalized spacial score (nSPS) is 23.3. The summed E-state index contributed by atoms with van der Waals surface area (Å²) in [6.07, 6.45) is 0.505. The minimum Gasteiger partial charge on any atom is -0.368 e. The fraction of sp³-hybridized carbons (Fsp3) is 0.778. The van der Waals surface area contributed by atoms with Crippen LogP contribution in [0.5, 0.6) is 0 Å². The Balaban J connectivity index is 2.73. The number of rotatable bonds is 2. The van der Waals surface area contributed by atoms with Crippen molar-refractivity contribution in [2.45, 2.75) is 33.2 Å². The minimum atomic E-state index is -0.478. The van der Waals surface area contributed by atoms with Crippen LogP contribution in [0.1, 0.15) is 27.2 Å². The minimum absolute atomic E-state index is 0.0244. The maximum Gasteiger partial charge on any atom is 0.239 e. The summed E-state index contributed by atoms with van der Waals surface area (Å²) in [5, 5.41) is 0. The number of carbonyl (C=O) groups excluding carboxylic acids is 2. The Morgan fingerprint density at radius 2 is 2.15 bits per heavy atom. The molecule has 1 heterocycles. The fourth-order valence-electron chi connectivity index (χ4n) is 1.62. The van der Waals surface area contributed by atoms with Crippen LogP contribution < -0.4 is 5.73 Å². The van der Waals surface area contributed by atoms with Crippen LogP contribution in [0.25, 0.3) is 0 Å². The van der Waals surface area contributed by atoms with Gasteiger partial charge in [0.2, 0.25) is 11.8 Å². The lowest BCUT2D eigenvalue weighted by Gasteiger charge is -2.23. The highest BCUT2D eigenvalue weighted by Gasteiger charge is 2.39. The van der Waals surface area contributed by atoms with Gasteiger partial charge in [-0.25, -0.2) is 0 Å². The average molecular weight is 184 g/mol. The van der Waals surface area contributed by atoms with Crippen LogP contribution in [0, 0.1) is 5.41 Å². The van der Waals surface area contributed by atoms with Gasteiger partial charge < -0.3 is 10.6 Å². The number of amides is 2. The van der Waals surface area contributed by atoms with Crippen molar-refractivity contribution in [2.24, 2.45) is 11.1 Å². The highest BCUT2D eigenvalue weighted by molar-refractivity contribution is 5.87. The molecule has 2 amide bonds. The predicted octanol–water partition coefficient (Wildman–Crippen LogP) is 0.119. The standard InChI is InChI=1S/C9H16N2O2/c1-6(8(10)13)11-5-9(2,3)4-7(11)12/h6H,4-5H2,1-3H3,(H2,10,13). The highest BCUT2D eigenvalue weighted by Crippen LogP contribution is 2.30. The zero-order valence-corrected chi connectivity index (χ0v) is 8.33. The van der Waals surface area contributed by atoms with Crippen molar-refractivity contribution in [3.63, 3.8) is 0 Å². The monoisotopic (exact) mass is 184 g/mol. The lowest BCUT2D eigenvalue weighted by molar-refractivity contribution is -0.135. The van der Waals surface area contributed by atoms with Crippen molar-refractivity contribution in [3.05, 3.63) is 0 Å². The molecule has 0 spiro atoms. The Kier molecular flexibility index (Phi) is 2.32. The van der Waals surface area contributed by atoms with Crippen LogP contribution in [-0.2, 0) is 9.59 Å². The molecule has 0 aromatic rings. The summed E-state index contributed by atoms with van der Waals surface area (Å²) < 4.78 is 0. The molecule has 1 unspecified atom stereocenters. The van der Waals surface area contributed by atoms with Crippen LogP contribution in [0.3, 0.4) is 0 Å². The molecule has 0 aromatic carbocycles. The Morgan fingerprint density at radius 1 is 1.62 bits per heavy atom. The van der Waals surface area contributed by atoms with Gasteiger partial charge in [0.25, 0.3) is 0 Å². The first-order chi connectivity index (χ1) is 5.83. The first kappa shape index (κ1) is 10.0. The Morgan fingerprint density at radius 3 is 2.46 bits per heavy atom. The van der Waals surface area contributed by atoms with Gasteiger partial charge in [0.1, 0.15) is 6.04 Å². The number of likely N-dealkylation sites (tertiary alicyclic amines) is 1. The van der Waals surface area contributed by atoms with Gasteiger partial charge in [-0.15, -0.1) is 0 Å². The van der Waals surface area contributed by atoms with E-state index in [9.17, 15) is 9.59 Å². The smallest absolute Gasteiger partial charge is 0.239 e. The van der Waals surface area contributed by atoms with Gasteiger partial charge in [0, 0.05) is 13.0 Å². The molecule has 4 heteroatoms. The van der Waals surface area contributed by atoms with Crippen LogP contribution in [0.15, 0.2) is 0 Å². The zero-order chi connectivity index (χ0) is 10.2. The van der Waals surface area contributed by atoms with Crippen molar-refractivity contribution in [1.29, 1.82) is 0 Å². The molecule has 0 aliphatic carbocycles. The number of hydrogen-bond acceptors (Lipinski definition) is 2. The van der Waals surface area contributed by atoms with E-state index in [0.29, 0.717) is 13.0 Å². The predicted molar refractivity (Wildman–Crippen MR) is 48.8 cm³/mol. The maximum absolute atomic E-state index is 11.5. The molecule has 1 fully saturated rings. The molecule has 1 saturated heterocycles. The molecule has 13 heavy (non-hydrogen) atoms. The molecule has 4 nitrogen and oxygen atoms in total. The largest absolute Gasteiger partial charge is 0.368 e. The summed E-state index contributed by atoms with van der Waals surface area (Å²) in [5.74, 6) is -0.414. The molecule has 74 valence electrons. The van der Waals surface area contributed by atoms with E-state index < -0.39 is 11.9 Å². The van der Waals surface area contributed by atoms with E-state index in [2.05, 4.69) is 0 Å². The second-order valence-electron chi connectivity index (χ2n) is 4.44. The highest BCUT2D eigenvalue weighted by atomic mass is 16.2. The molecule has 0 radical (unpaired) electrons. The van der Waals surface area contributed by atoms with Gasteiger partial charge in [-0.3, -0.25) is 9.59 Å². The first-order valence-electron chi connectivity index (χ1n) is 4.42. The topological polar surface area (TPSA) is 63.4 Å². The van der Waals surface area contributed by atoms with Crippen LogP contribution in [0.4, 0.5) is 0 Å². The van der Waals surface area contributed by atoms with Gasteiger partial charge in [0.05, 0.1) is 0 Å². The molecular weight excluding hydrogens is 168 g/mol. The van der Waals surface area contributed by atoms with Crippen molar-refractivity contribution in [3.8, 4) is 0 Å². The first-order valence-corrected chi connectivity index (χ1v) is 4.42. The summed E-state index contributed by atoms with van der Waals surface area (Å²) in [4.78, 5) is 23.9. The number of nitrogens with two attached hydrogens (primary N) is 1. The zero-order valence-electron chi connectivity index (χ0n) is 8.33. The molecule has 1 aliphatic rings. The van der Waals surface area contributed by atoms with Crippen molar-refractivity contribution < 1.29 is 9.59 Å². The molecule has 0 bridgehead atoms. The summed E-state index contributed by atoms with van der Waals surface area (Å²) >= 11 is 0. The van der Waals surface area contributed by atoms with E-state index in [4.69, 9.17) is 5.73 Å². The number of hydrogen-bond donors (Lipinski definition) is 1. The van der Waals surface area contributed by atoms with E-state index in [-0.39, 0.29) is 11.3 Å². The summed E-state index contributed by atoms with van der Waals surface area (Å²) in [6, 6.07) is -0.478. The third-order valence-corrected chi connectivity index (χ3v) is 2.43. The molecule has 0 saturated carbocycles. The van der Waals surface area contributed by atoms with E-state index >= 15 is 0 Å². The summed E-state index contributed by atoms with van der Waals surface area (Å²) in [5.41, 5.74) is 5.11. The van der Waals surface area contributed by atoms with Crippen LogP contribution >= 0.6 is 0 Å². The van der Waals surface area contributed by atoms with E-state index in [1.165, 1.54) is 0 Å². The van der Waals surface area contributed by atoms with Gasteiger partial charge >= 0.3 is 0 Å². The lowest BCUT2D eigenvalue weighted by Crippen LogP contribution is -2.43. The number of primary amides is 1. The Hall–Kier alpha value is -1.06. The van der Waals surface area contributed by atoms with E-state index in [0.717, 1.165) is 0 Å². The Bertz CT molecular complexity index is 248. The number of nitrogens with zero attached hydrogens (tertiary/aromatic N) is 1. The second-order valence-corrected chi connectivity index (χ2v) is 4.44. The maximum atomic E-state index is 11.5. The van der Waals surface area contributed by atoms with Gasteiger partial charge in [0.15, 0.2) is 0 Å². The van der Waals surface area contributed by atoms with Crippen molar-refractivity contribution in [1.82, 2.24) is 4.90 Å². The third kappa shape index (κ3) is 1.99. The summed E-state index contributed by atoms with van der Waals surface area (Å²) in [7, 11) is 0. The summed E-state index contributed by atoms with van der Waals surface area (Å²) in [6.45, 7) is 6.31. The van der Waals surface area contributed by atoms with Crippen LogP contribution in [0.2, 0.25) is 0 Å². The molecular formula is C9H16N2O2. The lowest BCUT2D eigenvalue weighted by atomic mass is 9.93. The van der Waals surface area contributed by atoms with Crippen LogP contribution in [-0.4, -0.2) is 29.3 Å². The second kappa shape index (κ2) is 3.01. The fourth-order valence-corrected chi connectivity index (χ4v) is 1.62. The van der Waals surface area contributed by atoms with Crippen molar-refractivity contribution >= 4 is 11.8 Å². The SMILES string of the molecule is CC(C(N)=O)N1CC(C)(C)CC1=O.